The highest BCUT2D eigenvalue weighted by molar-refractivity contribution is 7.89. The molecular weight excluding hydrogens is 366 g/mol. The number of hydrogen-bond donors (Lipinski definition) is 1. The molecule has 1 N–H and O–H groups in total. The quantitative estimate of drug-likeness (QED) is 0.801. The van der Waals surface area contributed by atoms with Crippen LogP contribution in [0.4, 0.5) is 5.82 Å². The summed E-state index contributed by atoms with van der Waals surface area (Å²) in [6.07, 6.45) is 4.69. The Bertz CT molecular complexity index is 934. The maximum Gasteiger partial charge on any atom is 0.240 e. The van der Waals surface area contributed by atoms with Crippen molar-refractivity contribution in [2.75, 3.05) is 31.6 Å². The van der Waals surface area contributed by atoms with Crippen LogP contribution in [0.15, 0.2) is 41.6 Å². The van der Waals surface area contributed by atoms with Crippen LogP contribution in [0.2, 0.25) is 0 Å². The molecule has 142 valence electrons. The van der Waals surface area contributed by atoms with E-state index in [-0.39, 0.29) is 10.8 Å². The van der Waals surface area contributed by atoms with E-state index in [1.807, 2.05) is 4.90 Å². The zero-order valence-electron chi connectivity index (χ0n) is 15.0. The van der Waals surface area contributed by atoms with Gasteiger partial charge in [0, 0.05) is 38.1 Å². The SMILES string of the molecule is COc1cccc(S(=O)(=O)NCC2CCN(c3nccnc3C#N)CC2)c1. The standard InChI is InChI=1S/C18H21N5O3S/c1-26-15-3-2-4-16(11-15)27(24,25)22-13-14-5-9-23(10-6-14)18-17(12-19)20-7-8-21-18/h2-4,7-8,11,14,22H,5-6,9-10,13H2,1H3. The van der Waals surface area contributed by atoms with E-state index in [0.29, 0.717) is 36.9 Å². The summed E-state index contributed by atoms with van der Waals surface area (Å²) in [4.78, 5) is 10.5. The number of rotatable bonds is 6. The van der Waals surface area contributed by atoms with Crippen LogP contribution < -0.4 is 14.4 Å². The molecular formula is C18H21N5O3S. The number of nitrogens with one attached hydrogen (secondary N) is 1. The Morgan fingerprint density at radius 1 is 1.30 bits per heavy atom. The Balaban J connectivity index is 1.57. The third-order valence-corrected chi connectivity index (χ3v) is 6.03. The van der Waals surface area contributed by atoms with Crippen LogP contribution in [-0.4, -0.2) is 45.1 Å². The fourth-order valence-corrected chi connectivity index (χ4v) is 4.22. The second-order valence-electron chi connectivity index (χ2n) is 6.30. The predicted molar refractivity (Wildman–Crippen MR) is 99.9 cm³/mol. The lowest BCUT2D eigenvalue weighted by Gasteiger charge is -2.32. The van der Waals surface area contributed by atoms with Gasteiger partial charge in [0.1, 0.15) is 11.8 Å². The molecule has 0 atom stereocenters. The van der Waals surface area contributed by atoms with Gasteiger partial charge in [0.2, 0.25) is 10.0 Å². The number of nitrogens with zero attached hydrogens (tertiary/aromatic N) is 4. The van der Waals surface area contributed by atoms with Crippen LogP contribution in [-0.2, 0) is 10.0 Å². The lowest BCUT2D eigenvalue weighted by atomic mass is 9.97. The van der Waals surface area contributed by atoms with E-state index < -0.39 is 10.0 Å². The van der Waals surface area contributed by atoms with E-state index in [2.05, 4.69) is 20.8 Å². The molecule has 0 bridgehead atoms. The third kappa shape index (κ3) is 4.53. The number of benzene rings is 1. The van der Waals surface area contributed by atoms with Crippen molar-refractivity contribution in [1.82, 2.24) is 14.7 Å². The number of hydrogen-bond acceptors (Lipinski definition) is 7. The summed E-state index contributed by atoms with van der Waals surface area (Å²) in [5, 5.41) is 9.16. The van der Waals surface area contributed by atoms with Crippen molar-refractivity contribution < 1.29 is 13.2 Å². The molecule has 0 unspecified atom stereocenters. The molecule has 1 aliphatic rings. The van der Waals surface area contributed by atoms with Gasteiger partial charge in [-0.3, -0.25) is 0 Å². The minimum atomic E-state index is -3.58. The average molecular weight is 387 g/mol. The Morgan fingerprint density at radius 2 is 2.04 bits per heavy atom. The molecule has 0 amide bonds. The van der Waals surface area contributed by atoms with E-state index in [4.69, 9.17) is 10.00 Å². The molecule has 1 aromatic carbocycles. The molecule has 3 rings (SSSR count). The zero-order chi connectivity index (χ0) is 19.3. The van der Waals surface area contributed by atoms with Crippen molar-refractivity contribution in [3.8, 4) is 11.8 Å². The molecule has 1 saturated heterocycles. The second-order valence-corrected chi connectivity index (χ2v) is 8.07. The highest BCUT2D eigenvalue weighted by Crippen LogP contribution is 2.23. The third-order valence-electron chi connectivity index (χ3n) is 4.61. The Kier molecular flexibility index (Phi) is 5.88. The van der Waals surface area contributed by atoms with Gasteiger partial charge in [-0.15, -0.1) is 0 Å². The van der Waals surface area contributed by atoms with Gasteiger partial charge in [0.25, 0.3) is 0 Å². The van der Waals surface area contributed by atoms with Gasteiger partial charge in [0.15, 0.2) is 11.5 Å². The fourth-order valence-electron chi connectivity index (χ4n) is 3.07. The molecule has 2 aromatic rings. The van der Waals surface area contributed by atoms with E-state index in [1.54, 1.807) is 24.4 Å². The molecule has 1 aliphatic heterocycles. The van der Waals surface area contributed by atoms with E-state index in [0.717, 1.165) is 12.8 Å². The summed E-state index contributed by atoms with van der Waals surface area (Å²) in [7, 11) is -2.08. The second kappa shape index (κ2) is 8.33. The predicted octanol–water partition coefficient (Wildman–Crippen LogP) is 1.55. The molecule has 27 heavy (non-hydrogen) atoms. The van der Waals surface area contributed by atoms with Crippen molar-refractivity contribution in [3.63, 3.8) is 0 Å². The van der Waals surface area contributed by atoms with Crippen molar-refractivity contribution >= 4 is 15.8 Å². The average Bonchev–Trinajstić information content (AvgIpc) is 2.72. The minimum Gasteiger partial charge on any atom is -0.497 e. The lowest BCUT2D eigenvalue weighted by Crippen LogP contribution is -2.39. The zero-order valence-corrected chi connectivity index (χ0v) is 15.8. The molecule has 0 aliphatic carbocycles. The van der Waals surface area contributed by atoms with Gasteiger partial charge >= 0.3 is 0 Å². The van der Waals surface area contributed by atoms with Gasteiger partial charge in [-0.25, -0.2) is 23.1 Å². The van der Waals surface area contributed by atoms with Crippen LogP contribution in [0.25, 0.3) is 0 Å². The van der Waals surface area contributed by atoms with Crippen LogP contribution in [0, 0.1) is 17.2 Å². The first kappa shape index (κ1) is 19.1. The van der Waals surface area contributed by atoms with Crippen LogP contribution in [0.1, 0.15) is 18.5 Å². The summed E-state index contributed by atoms with van der Waals surface area (Å²) in [5.74, 6) is 1.32. The topological polar surface area (TPSA) is 108 Å². The van der Waals surface area contributed by atoms with E-state index in [9.17, 15) is 8.42 Å². The number of aromatic nitrogens is 2. The summed E-state index contributed by atoms with van der Waals surface area (Å²) < 4.78 is 32.7. The van der Waals surface area contributed by atoms with Gasteiger partial charge in [-0.2, -0.15) is 5.26 Å². The number of piperidine rings is 1. The van der Waals surface area contributed by atoms with Crippen molar-refractivity contribution in [2.45, 2.75) is 17.7 Å². The highest BCUT2D eigenvalue weighted by Gasteiger charge is 2.24. The number of sulfonamides is 1. The summed E-state index contributed by atoms with van der Waals surface area (Å²) >= 11 is 0. The van der Waals surface area contributed by atoms with Crippen LogP contribution in [0.5, 0.6) is 5.75 Å². The Morgan fingerprint density at radius 3 is 2.74 bits per heavy atom. The first-order chi connectivity index (χ1) is 13.0. The number of anilines is 1. The Hall–Kier alpha value is -2.70. The van der Waals surface area contributed by atoms with Gasteiger partial charge < -0.3 is 9.64 Å². The van der Waals surface area contributed by atoms with E-state index in [1.165, 1.54) is 19.4 Å². The first-order valence-electron chi connectivity index (χ1n) is 8.63. The maximum atomic E-state index is 12.5. The highest BCUT2D eigenvalue weighted by atomic mass is 32.2. The first-order valence-corrected chi connectivity index (χ1v) is 10.1. The van der Waals surface area contributed by atoms with Crippen molar-refractivity contribution in [3.05, 3.63) is 42.4 Å². The molecule has 1 aromatic heterocycles. The number of methoxy groups -OCH3 is 1. The summed E-state index contributed by atoms with van der Waals surface area (Å²) in [6, 6.07) is 8.47. The molecule has 0 radical (unpaired) electrons. The smallest absolute Gasteiger partial charge is 0.240 e. The summed E-state index contributed by atoms with van der Waals surface area (Å²) in [6.45, 7) is 1.79. The largest absolute Gasteiger partial charge is 0.497 e. The normalized spacial score (nSPS) is 15.3. The van der Waals surface area contributed by atoms with Crippen molar-refractivity contribution in [2.24, 2.45) is 5.92 Å². The Labute approximate surface area is 158 Å². The molecule has 2 heterocycles. The van der Waals surface area contributed by atoms with E-state index >= 15 is 0 Å². The lowest BCUT2D eigenvalue weighted by molar-refractivity contribution is 0.400. The van der Waals surface area contributed by atoms with Gasteiger partial charge in [-0.1, -0.05) is 6.07 Å². The summed E-state index contributed by atoms with van der Waals surface area (Å²) in [5.41, 5.74) is 0.315. The molecule has 0 saturated carbocycles. The van der Waals surface area contributed by atoms with Gasteiger partial charge in [0.05, 0.1) is 12.0 Å². The molecule has 0 spiro atoms. The van der Waals surface area contributed by atoms with Crippen LogP contribution >= 0.6 is 0 Å². The minimum absolute atomic E-state index is 0.192. The number of nitriles is 1. The fraction of sp³-hybridized carbons (Fsp3) is 0.389. The molecule has 9 heteroatoms. The van der Waals surface area contributed by atoms with Gasteiger partial charge in [-0.05, 0) is 30.9 Å². The monoisotopic (exact) mass is 387 g/mol. The number of ether oxygens (including phenoxy) is 1. The molecule has 1 fully saturated rings. The van der Waals surface area contributed by atoms with Crippen LogP contribution in [0.3, 0.4) is 0 Å². The maximum absolute atomic E-state index is 12.5. The molecule has 8 nitrogen and oxygen atoms in total. The van der Waals surface area contributed by atoms with Crippen molar-refractivity contribution in [1.29, 1.82) is 5.26 Å².